The van der Waals surface area contributed by atoms with Crippen LogP contribution >= 0.6 is 12.3 Å². The van der Waals surface area contributed by atoms with Gasteiger partial charge in [0.15, 0.2) is 0 Å². The Morgan fingerprint density at radius 1 is 0.410 bits per heavy atom. The number of hydrogen-bond donors (Lipinski definition) is 2. The molecule has 18 rings (SSSR count). The van der Waals surface area contributed by atoms with Gasteiger partial charge in [-0.15, -0.1) is 9.32 Å². The Morgan fingerprint density at radius 3 is 1.03 bits per heavy atom. The minimum atomic E-state index is -2.18. The molecule has 8 fully saturated rings. The summed E-state index contributed by atoms with van der Waals surface area (Å²) < 4.78 is 102. The van der Waals surface area contributed by atoms with Gasteiger partial charge in [-0.3, -0.25) is 0 Å². The van der Waals surface area contributed by atoms with Crippen molar-refractivity contribution in [1.82, 2.24) is 0 Å². The summed E-state index contributed by atoms with van der Waals surface area (Å²) in [6, 6.07) is 39.1. The number of phenols is 1. The van der Waals surface area contributed by atoms with E-state index in [2.05, 4.69) is 162 Å². The number of aryl methyl sites for hydroxylation is 8. The zero-order valence-corrected chi connectivity index (χ0v) is 71.9. The number of ether oxygens (including phenoxy) is 2. The van der Waals surface area contributed by atoms with Crippen LogP contribution in [-0.2, 0) is 78.7 Å². The van der Waals surface area contributed by atoms with Gasteiger partial charge >= 0.3 is 0 Å². The first-order chi connectivity index (χ1) is 56.5. The predicted octanol–water partition coefficient (Wildman–Crippen LogP) is 30.2. The molecule has 6 aromatic rings. The first-order valence-corrected chi connectivity index (χ1v) is 46.5. The number of carbonyl (C=O) groups is 1. The molecule has 12 unspecified atom stereocenters. The van der Waals surface area contributed by atoms with Crippen molar-refractivity contribution in [3.63, 3.8) is 0 Å². The molecule has 0 aliphatic heterocycles. The van der Waals surface area contributed by atoms with Gasteiger partial charge in [0.25, 0.3) is 12.3 Å². The third-order valence-corrected chi connectivity index (χ3v) is 34.8. The van der Waals surface area contributed by atoms with Crippen LogP contribution in [-0.4, -0.2) is 30.7 Å². The molecule has 15 heteroatoms. The van der Waals surface area contributed by atoms with Gasteiger partial charge in [0.1, 0.15) is 42.5 Å². The first kappa shape index (κ1) is 98.2. The van der Waals surface area contributed by atoms with Gasteiger partial charge in [0, 0.05) is 25.7 Å². The highest BCUT2D eigenvalue weighted by Gasteiger charge is 2.59. The normalized spacial score (nSPS) is 31.6. The van der Waals surface area contributed by atoms with E-state index in [0.717, 1.165) is 194 Å². The number of halogens is 6. The average Bonchev–Trinajstić information content (AvgIpc) is 1.53. The zero-order chi connectivity index (χ0) is 82.1. The van der Waals surface area contributed by atoms with Gasteiger partial charge in [0.2, 0.25) is 19.3 Å². The minimum Gasteiger partial charge on any atom is -0.508 e. The van der Waals surface area contributed by atoms with Crippen molar-refractivity contribution < 1.29 is 59.2 Å². The minimum absolute atomic E-state index is 0. The molecule has 0 bridgehead atoms. The molecule has 676 valence electrons. The number of nitrogens with two attached hydrogens (primary N) is 1. The Kier molecular flexibility index (Phi) is 34.0. The van der Waals surface area contributed by atoms with E-state index >= 15 is 0 Å². The number of phenolic OH excluding ortho intramolecular Hbond substituents is 1. The maximum absolute atomic E-state index is 13.2. The fourth-order valence-corrected chi connectivity index (χ4v) is 28.6. The first-order valence-electron chi connectivity index (χ1n) is 45.8. The Bertz CT molecular complexity index is 4350. The largest absolute Gasteiger partial charge is 0.508 e. The van der Waals surface area contributed by atoms with Crippen LogP contribution in [0.1, 0.15) is 348 Å². The van der Waals surface area contributed by atoms with Crippen molar-refractivity contribution >= 4 is 18.6 Å². The Hall–Kier alpha value is -6.00. The summed E-state index contributed by atoms with van der Waals surface area (Å²) in [5.74, 6) is 17.1. The number of carbonyl (C=O) groups excluding carboxylic acids is 1. The van der Waals surface area contributed by atoms with Crippen LogP contribution in [0.5, 0.6) is 23.0 Å². The van der Waals surface area contributed by atoms with Crippen molar-refractivity contribution in [2.75, 3.05) is 0 Å². The number of benzene rings is 6. The van der Waals surface area contributed by atoms with Gasteiger partial charge < -0.3 is 23.6 Å². The van der Waals surface area contributed by atoms with Crippen LogP contribution in [0.25, 0.3) is 0 Å². The van der Waals surface area contributed by atoms with Gasteiger partial charge in [-0.25, -0.2) is 26.3 Å². The van der Waals surface area contributed by atoms with Crippen LogP contribution in [0.15, 0.2) is 109 Å². The molecule has 12 aliphatic rings. The van der Waals surface area contributed by atoms with Crippen molar-refractivity contribution in [1.29, 1.82) is 0 Å². The van der Waals surface area contributed by atoms with Gasteiger partial charge in [-0.05, 0) is 398 Å². The summed E-state index contributed by atoms with van der Waals surface area (Å²) in [7, 11) is 0. The number of fused-ring (bicyclic) bond motifs is 20. The molecular weight excluding hydrogens is 1560 g/mol. The third-order valence-electron chi connectivity index (χ3n) is 34.4. The van der Waals surface area contributed by atoms with Crippen molar-refractivity contribution in [3.8, 4) is 23.0 Å². The van der Waals surface area contributed by atoms with E-state index < -0.39 is 19.3 Å². The van der Waals surface area contributed by atoms with E-state index in [-0.39, 0.29) is 90.4 Å². The highest BCUT2D eigenvalue weighted by molar-refractivity contribution is 7.90. The molecule has 0 aromatic heterocycles. The number of aromatic hydroxyl groups is 1. The molecule has 8 saturated carbocycles. The van der Waals surface area contributed by atoms with Crippen LogP contribution in [0.3, 0.4) is 0 Å². The zero-order valence-electron chi connectivity index (χ0n) is 71.1. The van der Waals surface area contributed by atoms with E-state index in [1.54, 1.807) is 5.56 Å². The summed E-state index contributed by atoms with van der Waals surface area (Å²) in [5.41, 5.74) is 19.6. The van der Waals surface area contributed by atoms with Crippen LogP contribution in [0.2, 0.25) is 0 Å². The fraction of sp³-hybridized carbons (Fsp3) is 0.654. The topological polar surface area (TPSA) is 109 Å². The molecule has 8 nitrogen and oxygen atoms in total. The maximum atomic E-state index is 13.2. The smallest absolute Gasteiger partial charge is 0.260 e. The van der Waals surface area contributed by atoms with Gasteiger partial charge in [-0.2, -0.15) is 5.90 Å². The monoisotopic (exact) mass is 1710 g/mol. The Morgan fingerprint density at radius 2 is 0.713 bits per heavy atom. The van der Waals surface area contributed by atoms with E-state index in [1.165, 1.54) is 112 Å². The Balaban J connectivity index is 0.000000169. The summed E-state index contributed by atoms with van der Waals surface area (Å²) in [6.07, 6.45) is 26.6. The standard InChI is InChI=1S/C29H36F2O.C29H36O2.C22H31F2NO3S.C22H30F2O.5CH4/c1-3-20-15-25-21(16-27(20)32-18-19-7-5-4-6-8-19)9-11-24-23(25)13-14-29(2)22(17-28(30)31)10-12-26(24)29;1-3-21-17-26-22(18-28(21)31-19-20-7-5-4-6-8-20)9-11-25-24(26)13-15-29(2)23(14-16-30)10-12-27(25)29;1-3-13-10-18-14(11-20(13)26-29-28-27-25)4-6-17-16(18)8-9-22(2)15(12-21(23)24)5-7-19(17)22;1-3-13-10-18-14(11-20(13)25)4-6-17-16(18)8-9-22(2)15(12-21(23)24)5-7-19(17)22;;;;;/h4-8,15-16,22-24,26,28H,3,9-14,17-18H2,1-2H3;4-8,16-18,23-25,27H,3,9-15,19H2,1-2H3;10-11,15-17,19,21H,3-9,12,25H2,1-2H3;10-11,15-17,19,21,25H,3-9,12H2,1-2H3;5*1H4/t22-,23?,24?,26?,29-;23-,24?,25?,27?,29-;2*15-,16?,17?,19?,22-;;;;;/m1111...../s1. The summed E-state index contributed by atoms with van der Waals surface area (Å²) in [4.78, 5) is 15.4. The van der Waals surface area contributed by atoms with E-state index in [1.807, 2.05) is 12.1 Å². The molecule has 12 aliphatic carbocycles. The van der Waals surface area contributed by atoms with E-state index in [9.17, 15) is 36.2 Å². The second kappa shape index (κ2) is 42.3. The third kappa shape index (κ3) is 19.7. The number of alkyl halides is 6. The average molecular weight is 1710 g/mol. The number of hydrogen-bond acceptors (Lipinski definition) is 9. The van der Waals surface area contributed by atoms with Crippen molar-refractivity contribution in [2.45, 2.75) is 354 Å². The predicted molar refractivity (Wildman–Crippen MR) is 490 cm³/mol. The molecule has 0 radical (unpaired) electrons. The SMILES string of the molecule is C.C.C.C.C.CCc1cc2c(cc1O)CCC1C2CC[C@@]2(C)C1CC[C@@H]2CC(F)F.CCc1cc2c(cc1OCc1ccccc1)CCC1C2CC[C@@]2(C)C1CC[C@@H]2CC(F)F.CCc1cc2c(cc1OCc1ccccc1)CCC1C2CC[C@@]2(C)C1CC[C@@H]2CC=O.CCc1cc2c(cc1OSOON)CCC1C2CC[C@@]2(C)C1CC[C@@H]2CC(F)F. The molecule has 0 saturated heterocycles. The molecule has 20 atom stereocenters. The number of aldehydes is 1. The fourth-order valence-electron chi connectivity index (χ4n) is 28.3. The second-order valence-corrected chi connectivity index (χ2v) is 39.6. The molecule has 6 aromatic carbocycles. The quantitative estimate of drug-likeness (QED) is 0.0171. The molecule has 0 amide bonds. The summed E-state index contributed by atoms with van der Waals surface area (Å²) >= 11 is 0.718. The van der Waals surface area contributed by atoms with E-state index in [4.69, 9.17) is 19.6 Å². The molecule has 3 N–H and O–H groups in total. The summed E-state index contributed by atoms with van der Waals surface area (Å²) in [6.45, 7) is 19.3. The lowest BCUT2D eigenvalue weighted by molar-refractivity contribution is -0.199. The highest BCUT2D eigenvalue weighted by Crippen LogP contribution is 2.69. The lowest BCUT2D eigenvalue weighted by Crippen LogP contribution is -2.42. The Labute approximate surface area is 736 Å². The highest BCUT2D eigenvalue weighted by atomic mass is 32.2. The summed E-state index contributed by atoms with van der Waals surface area (Å²) in [5, 5.41) is 10.2. The lowest BCUT2D eigenvalue weighted by Gasteiger charge is -2.51. The van der Waals surface area contributed by atoms with Crippen molar-refractivity contribution in [3.05, 3.63) is 187 Å². The molecule has 0 spiro atoms. The van der Waals surface area contributed by atoms with Crippen LogP contribution in [0.4, 0.5) is 26.3 Å². The van der Waals surface area contributed by atoms with Gasteiger partial charge in [0.05, 0.1) is 0 Å². The molecular formula is C107H153F6NO7S. The van der Waals surface area contributed by atoms with Crippen LogP contribution < -0.4 is 19.6 Å². The van der Waals surface area contributed by atoms with Gasteiger partial charge in [-0.1, -0.05) is 177 Å². The van der Waals surface area contributed by atoms with E-state index in [0.29, 0.717) is 89.5 Å². The van der Waals surface area contributed by atoms with Crippen molar-refractivity contribution in [2.24, 2.45) is 98.6 Å². The lowest BCUT2D eigenvalue weighted by atomic mass is 9.54. The second-order valence-electron chi connectivity index (χ2n) is 39.2. The molecule has 0 heterocycles. The number of rotatable bonds is 22. The molecule has 122 heavy (non-hydrogen) atoms. The maximum Gasteiger partial charge on any atom is 0.260 e. The van der Waals surface area contributed by atoms with Crippen LogP contribution in [0, 0.1) is 92.7 Å².